The van der Waals surface area contributed by atoms with Crippen LogP contribution in [-0.2, 0) is 6.42 Å². The van der Waals surface area contributed by atoms with Gasteiger partial charge >= 0.3 is 0 Å². The minimum absolute atomic E-state index is 0.112. The average Bonchev–Trinajstić information content (AvgIpc) is 3.28. The van der Waals surface area contributed by atoms with Gasteiger partial charge in [0.1, 0.15) is 17.8 Å². The average molecular weight is 368 g/mol. The molecule has 2 aromatic heterocycles. The van der Waals surface area contributed by atoms with Crippen molar-refractivity contribution in [3.05, 3.63) is 83.0 Å². The highest BCUT2D eigenvalue weighted by Crippen LogP contribution is 2.30. The molecule has 0 aliphatic rings. The van der Waals surface area contributed by atoms with E-state index in [-0.39, 0.29) is 18.6 Å². The first-order valence-electron chi connectivity index (χ1n) is 8.24. The topological polar surface area (TPSA) is 46.0 Å². The van der Waals surface area contributed by atoms with Crippen molar-refractivity contribution >= 4 is 28.3 Å². The summed E-state index contributed by atoms with van der Waals surface area (Å²) in [5.41, 5.74) is 2.73. The van der Waals surface area contributed by atoms with Crippen LogP contribution in [0, 0.1) is 5.82 Å². The molecule has 5 heteroatoms. The van der Waals surface area contributed by atoms with Gasteiger partial charge in [-0.2, -0.15) is 0 Å². The van der Waals surface area contributed by atoms with E-state index in [1.165, 1.54) is 12.3 Å². The molecule has 0 unspecified atom stereocenters. The van der Waals surface area contributed by atoms with Crippen molar-refractivity contribution in [3.63, 3.8) is 0 Å². The maximum Gasteiger partial charge on any atom is 0.166 e. The fourth-order valence-corrected chi connectivity index (χ4v) is 3.31. The number of aromatic amines is 1. The number of ketones is 1. The van der Waals surface area contributed by atoms with E-state index < -0.39 is 5.82 Å². The van der Waals surface area contributed by atoms with Crippen molar-refractivity contribution in [1.82, 2.24) is 4.98 Å². The van der Waals surface area contributed by atoms with E-state index >= 15 is 0 Å². The SMILES string of the molecule is O=C(CCc1c(F)cccc1Cl)c1coc(-c2c[nH]c3ccccc23)c1. The van der Waals surface area contributed by atoms with E-state index in [1.54, 1.807) is 18.2 Å². The van der Waals surface area contributed by atoms with Crippen molar-refractivity contribution in [3.8, 4) is 11.3 Å². The Kier molecular flexibility index (Phi) is 4.35. The number of Topliss-reactive ketones (excluding diaryl/α,β-unsaturated/α-hetero) is 1. The van der Waals surface area contributed by atoms with Crippen LogP contribution in [0.15, 0.2) is 65.4 Å². The predicted octanol–water partition coefficient (Wildman–Crippen LogP) is 6.04. The Hall–Kier alpha value is -2.85. The highest BCUT2D eigenvalue weighted by molar-refractivity contribution is 6.31. The Morgan fingerprint density at radius 2 is 2.00 bits per heavy atom. The molecule has 2 heterocycles. The Morgan fingerprint density at radius 3 is 2.85 bits per heavy atom. The van der Waals surface area contributed by atoms with Gasteiger partial charge in [0, 0.05) is 39.7 Å². The van der Waals surface area contributed by atoms with Crippen LogP contribution < -0.4 is 0 Å². The van der Waals surface area contributed by atoms with Crippen LogP contribution in [0.3, 0.4) is 0 Å². The summed E-state index contributed by atoms with van der Waals surface area (Å²) in [6.45, 7) is 0. The van der Waals surface area contributed by atoms with Crippen LogP contribution in [0.2, 0.25) is 5.02 Å². The lowest BCUT2D eigenvalue weighted by atomic mass is 10.0. The molecule has 0 atom stereocenters. The first-order valence-corrected chi connectivity index (χ1v) is 8.62. The van der Waals surface area contributed by atoms with Crippen LogP contribution in [-0.4, -0.2) is 10.8 Å². The van der Waals surface area contributed by atoms with Gasteiger partial charge in [0.2, 0.25) is 0 Å². The molecular formula is C21H15ClFNO2. The van der Waals surface area contributed by atoms with E-state index in [2.05, 4.69) is 4.98 Å². The lowest BCUT2D eigenvalue weighted by Crippen LogP contribution is -2.01. The first kappa shape index (κ1) is 16.6. The zero-order valence-corrected chi connectivity index (χ0v) is 14.5. The summed E-state index contributed by atoms with van der Waals surface area (Å²) in [5, 5.41) is 1.36. The first-order chi connectivity index (χ1) is 12.6. The van der Waals surface area contributed by atoms with E-state index in [1.807, 2.05) is 30.5 Å². The third-order valence-electron chi connectivity index (χ3n) is 4.44. The maximum absolute atomic E-state index is 13.8. The van der Waals surface area contributed by atoms with Crippen LogP contribution >= 0.6 is 11.6 Å². The lowest BCUT2D eigenvalue weighted by molar-refractivity contribution is 0.0982. The number of nitrogens with one attached hydrogen (secondary N) is 1. The zero-order valence-electron chi connectivity index (χ0n) is 13.8. The number of benzene rings is 2. The molecule has 2 aromatic carbocycles. The van der Waals surface area contributed by atoms with Crippen LogP contribution in [0.4, 0.5) is 4.39 Å². The fraction of sp³-hybridized carbons (Fsp3) is 0.0952. The number of rotatable bonds is 5. The van der Waals surface area contributed by atoms with Gasteiger partial charge < -0.3 is 9.40 Å². The smallest absolute Gasteiger partial charge is 0.166 e. The van der Waals surface area contributed by atoms with Gasteiger partial charge in [0.15, 0.2) is 5.78 Å². The summed E-state index contributed by atoms with van der Waals surface area (Å²) >= 11 is 6.01. The number of hydrogen-bond acceptors (Lipinski definition) is 2. The number of fused-ring (bicyclic) bond motifs is 1. The van der Waals surface area contributed by atoms with E-state index in [0.29, 0.717) is 21.9 Å². The molecule has 130 valence electrons. The number of H-pyrrole nitrogens is 1. The summed E-state index contributed by atoms with van der Waals surface area (Å²) in [4.78, 5) is 15.6. The van der Waals surface area contributed by atoms with Crippen molar-refractivity contribution in [2.24, 2.45) is 0 Å². The van der Waals surface area contributed by atoms with Crippen LogP contribution in [0.5, 0.6) is 0 Å². The Bertz CT molecular complexity index is 1080. The minimum atomic E-state index is -0.392. The molecule has 26 heavy (non-hydrogen) atoms. The summed E-state index contributed by atoms with van der Waals surface area (Å²) < 4.78 is 19.4. The second-order valence-corrected chi connectivity index (χ2v) is 6.48. The van der Waals surface area contributed by atoms with Gasteiger partial charge in [0.25, 0.3) is 0 Å². The standard InChI is InChI=1S/C21H15ClFNO2/c22-17-5-3-6-18(23)15(17)8-9-20(25)13-10-21(26-12-13)16-11-24-19-7-2-1-4-14(16)19/h1-7,10-12,24H,8-9H2. The lowest BCUT2D eigenvalue weighted by Gasteiger charge is -2.04. The van der Waals surface area contributed by atoms with Crippen molar-refractivity contribution in [2.75, 3.05) is 0 Å². The summed E-state index contributed by atoms with van der Waals surface area (Å²) in [6, 6.07) is 14.1. The molecule has 0 fully saturated rings. The second kappa shape index (κ2) is 6.81. The molecule has 0 amide bonds. The zero-order chi connectivity index (χ0) is 18.1. The van der Waals surface area contributed by atoms with Gasteiger partial charge in [-0.1, -0.05) is 35.9 Å². The second-order valence-electron chi connectivity index (χ2n) is 6.07. The molecule has 0 aliphatic carbocycles. The molecule has 4 aromatic rings. The van der Waals surface area contributed by atoms with Crippen LogP contribution in [0.1, 0.15) is 22.3 Å². The number of carbonyl (C=O) groups is 1. The molecule has 3 nitrogen and oxygen atoms in total. The van der Waals surface area contributed by atoms with Gasteiger partial charge in [-0.3, -0.25) is 4.79 Å². The van der Waals surface area contributed by atoms with Crippen molar-refractivity contribution in [1.29, 1.82) is 0 Å². The van der Waals surface area contributed by atoms with E-state index in [9.17, 15) is 9.18 Å². The molecule has 0 aliphatic heterocycles. The van der Waals surface area contributed by atoms with Gasteiger partial charge in [-0.25, -0.2) is 4.39 Å². The molecule has 0 saturated carbocycles. The van der Waals surface area contributed by atoms with E-state index in [4.69, 9.17) is 16.0 Å². The number of furan rings is 1. The molecule has 0 bridgehead atoms. The summed E-state index contributed by atoms with van der Waals surface area (Å²) in [7, 11) is 0. The largest absolute Gasteiger partial charge is 0.464 e. The third-order valence-corrected chi connectivity index (χ3v) is 4.79. The van der Waals surface area contributed by atoms with Crippen molar-refractivity contribution in [2.45, 2.75) is 12.8 Å². The molecular weight excluding hydrogens is 353 g/mol. The number of para-hydroxylation sites is 1. The Morgan fingerprint density at radius 1 is 1.15 bits per heavy atom. The summed E-state index contributed by atoms with van der Waals surface area (Å²) in [6.07, 6.45) is 3.71. The van der Waals surface area contributed by atoms with Crippen molar-refractivity contribution < 1.29 is 13.6 Å². The van der Waals surface area contributed by atoms with Gasteiger partial charge in [0.05, 0.1) is 5.56 Å². The normalized spacial score (nSPS) is 11.2. The van der Waals surface area contributed by atoms with Gasteiger partial charge in [-0.05, 0) is 30.7 Å². The van der Waals surface area contributed by atoms with Crippen LogP contribution in [0.25, 0.3) is 22.2 Å². The quantitative estimate of drug-likeness (QED) is 0.437. The predicted molar refractivity (Wildman–Crippen MR) is 100 cm³/mol. The Balaban J connectivity index is 1.53. The van der Waals surface area contributed by atoms with E-state index in [0.717, 1.165) is 16.5 Å². The maximum atomic E-state index is 13.8. The molecule has 0 saturated heterocycles. The van der Waals surface area contributed by atoms with Gasteiger partial charge in [-0.15, -0.1) is 0 Å². The number of hydrogen-bond donors (Lipinski definition) is 1. The molecule has 4 rings (SSSR count). The number of carbonyl (C=O) groups excluding carboxylic acids is 1. The molecule has 0 radical (unpaired) electrons. The molecule has 1 N–H and O–H groups in total. The number of halogens is 2. The monoisotopic (exact) mass is 367 g/mol. The Labute approximate surface area is 154 Å². The third kappa shape index (κ3) is 3.04. The fourth-order valence-electron chi connectivity index (χ4n) is 3.05. The summed E-state index contributed by atoms with van der Waals surface area (Å²) in [5.74, 6) is 0.117. The highest BCUT2D eigenvalue weighted by atomic mass is 35.5. The highest BCUT2D eigenvalue weighted by Gasteiger charge is 2.15. The minimum Gasteiger partial charge on any atom is -0.464 e. The number of aromatic nitrogens is 1. The molecule has 0 spiro atoms.